The molecule has 0 saturated carbocycles. The summed E-state index contributed by atoms with van der Waals surface area (Å²) in [6.07, 6.45) is 4.89. The molecule has 0 aliphatic heterocycles. The normalized spacial score (nSPS) is 10.4. The third kappa shape index (κ3) is 3.21. The fourth-order valence-corrected chi connectivity index (χ4v) is 1.66. The van der Waals surface area contributed by atoms with Gasteiger partial charge in [0.2, 0.25) is 10.0 Å². The highest BCUT2D eigenvalue weighted by atomic mass is 32.2. The zero-order valence-electron chi connectivity index (χ0n) is 8.93. The molecule has 1 rings (SSSR count). The van der Waals surface area contributed by atoms with Gasteiger partial charge in [0, 0.05) is 0 Å². The fraction of sp³-hybridized carbons (Fsp3) is 0.100. The quantitative estimate of drug-likeness (QED) is 0.737. The molecule has 90 valence electrons. The van der Waals surface area contributed by atoms with Gasteiger partial charge in [0.25, 0.3) is 5.91 Å². The van der Waals surface area contributed by atoms with Crippen LogP contribution in [0.1, 0.15) is 0 Å². The molecule has 0 saturated heterocycles. The number of amides is 1. The van der Waals surface area contributed by atoms with Crippen molar-refractivity contribution in [3.05, 3.63) is 18.2 Å². The molecule has 0 bridgehead atoms. The summed E-state index contributed by atoms with van der Waals surface area (Å²) >= 11 is 0. The highest BCUT2D eigenvalue weighted by Gasteiger charge is 2.13. The predicted molar refractivity (Wildman–Crippen MR) is 61.8 cm³/mol. The number of methoxy groups -OCH3 is 1. The van der Waals surface area contributed by atoms with Crippen LogP contribution < -0.4 is 15.2 Å². The van der Waals surface area contributed by atoms with Gasteiger partial charge in [0.05, 0.1) is 17.7 Å². The zero-order valence-corrected chi connectivity index (χ0v) is 9.74. The van der Waals surface area contributed by atoms with Crippen molar-refractivity contribution < 1.29 is 17.9 Å². The summed E-state index contributed by atoms with van der Waals surface area (Å²) in [4.78, 5) is 10.9. The number of nitrogens with two attached hydrogens (primary N) is 1. The molecule has 1 aromatic rings. The van der Waals surface area contributed by atoms with E-state index in [0.717, 1.165) is 0 Å². The Kier molecular flexibility index (Phi) is 3.73. The molecular weight excluding hydrogens is 244 g/mol. The first kappa shape index (κ1) is 13.0. The number of hydrogen-bond acceptors (Lipinski definition) is 4. The van der Waals surface area contributed by atoms with Crippen LogP contribution in [0.2, 0.25) is 0 Å². The van der Waals surface area contributed by atoms with Crippen molar-refractivity contribution in [3.8, 4) is 18.1 Å². The molecular formula is C10H10N2O4S. The van der Waals surface area contributed by atoms with Crippen molar-refractivity contribution in [2.24, 2.45) is 5.14 Å². The lowest BCUT2D eigenvalue weighted by atomic mass is 10.3. The standard InChI is InChI=1S/C10H10N2O4S/c1-3-10(13)12-8-6-7(17(11,14)15)4-5-9(8)16-2/h1,4-6H,2H3,(H,12,13)(H2,11,14,15). The Hall–Kier alpha value is -2.04. The van der Waals surface area contributed by atoms with Crippen molar-refractivity contribution in [2.75, 3.05) is 12.4 Å². The Bertz CT molecular complexity index is 587. The lowest BCUT2D eigenvalue weighted by Gasteiger charge is -2.09. The molecule has 0 heterocycles. The smallest absolute Gasteiger partial charge is 0.300 e. The lowest BCUT2D eigenvalue weighted by molar-refractivity contribution is -0.111. The van der Waals surface area contributed by atoms with Gasteiger partial charge in [-0.3, -0.25) is 4.79 Å². The maximum Gasteiger partial charge on any atom is 0.300 e. The molecule has 1 amide bonds. The van der Waals surface area contributed by atoms with Crippen molar-refractivity contribution in [1.29, 1.82) is 0 Å². The number of terminal acetylenes is 1. The summed E-state index contributed by atoms with van der Waals surface area (Å²) in [5.74, 6) is 1.40. The van der Waals surface area contributed by atoms with Crippen LogP contribution in [0, 0.1) is 12.3 Å². The van der Waals surface area contributed by atoms with E-state index in [1.165, 1.54) is 25.3 Å². The number of primary sulfonamides is 1. The van der Waals surface area contributed by atoms with Gasteiger partial charge in [-0.15, -0.1) is 6.42 Å². The third-order valence-electron chi connectivity index (χ3n) is 1.88. The zero-order chi connectivity index (χ0) is 13.1. The number of rotatable bonds is 3. The van der Waals surface area contributed by atoms with Gasteiger partial charge in [0.15, 0.2) is 0 Å². The van der Waals surface area contributed by atoms with Crippen molar-refractivity contribution in [1.82, 2.24) is 0 Å². The molecule has 0 unspecified atom stereocenters. The maximum atomic E-state index is 11.1. The highest BCUT2D eigenvalue weighted by molar-refractivity contribution is 7.89. The first-order chi connectivity index (χ1) is 7.88. The number of nitrogens with one attached hydrogen (secondary N) is 1. The van der Waals surface area contributed by atoms with E-state index in [1.54, 1.807) is 0 Å². The maximum absolute atomic E-state index is 11.1. The van der Waals surface area contributed by atoms with Gasteiger partial charge in [-0.25, -0.2) is 13.6 Å². The van der Waals surface area contributed by atoms with Gasteiger partial charge in [-0.1, -0.05) is 0 Å². The van der Waals surface area contributed by atoms with E-state index in [1.807, 2.05) is 5.92 Å². The largest absolute Gasteiger partial charge is 0.495 e. The molecule has 0 aliphatic carbocycles. The summed E-state index contributed by atoms with van der Waals surface area (Å²) in [5, 5.41) is 7.26. The molecule has 6 nitrogen and oxygen atoms in total. The average molecular weight is 254 g/mol. The van der Waals surface area contributed by atoms with Crippen LogP contribution in [0.25, 0.3) is 0 Å². The minimum Gasteiger partial charge on any atom is -0.495 e. The molecule has 0 atom stereocenters. The van der Waals surface area contributed by atoms with E-state index in [4.69, 9.17) is 16.3 Å². The average Bonchev–Trinajstić information content (AvgIpc) is 2.27. The van der Waals surface area contributed by atoms with Crippen LogP contribution in [0.5, 0.6) is 5.75 Å². The second-order valence-electron chi connectivity index (χ2n) is 3.01. The Labute approximate surface area is 98.8 Å². The summed E-state index contributed by atoms with van der Waals surface area (Å²) < 4.78 is 27.2. The summed E-state index contributed by atoms with van der Waals surface area (Å²) in [6.45, 7) is 0. The van der Waals surface area contributed by atoms with Crippen LogP contribution in [-0.4, -0.2) is 21.4 Å². The number of carbonyl (C=O) groups excluding carboxylic acids is 1. The molecule has 17 heavy (non-hydrogen) atoms. The van der Waals surface area contributed by atoms with Gasteiger partial charge in [-0.05, 0) is 24.1 Å². The van der Waals surface area contributed by atoms with Crippen LogP contribution in [0.4, 0.5) is 5.69 Å². The number of sulfonamides is 1. The second kappa shape index (κ2) is 4.86. The second-order valence-corrected chi connectivity index (χ2v) is 4.57. The summed E-state index contributed by atoms with van der Waals surface area (Å²) in [7, 11) is -2.48. The van der Waals surface area contributed by atoms with Crippen LogP contribution in [0.15, 0.2) is 23.1 Å². The van der Waals surface area contributed by atoms with E-state index in [2.05, 4.69) is 5.32 Å². The summed E-state index contributed by atoms with van der Waals surface area (Å²) in [5.41, 5.74) is 0.141. The summed E-state index contributed by atoms with van der Waals surface area (Å²) in [6, 6.07) is 3.80. The van der Waals surface area contributed by atoms with Crippen LogP contribution in [0.3, 0.4) is 0 Å². The van der Waals surface area contributed by atoms with Gasteiger partial charge in [-0.2, -0.15) is 0 Å². The molecule has 0 spiro atoms. The first-order valence-electron chi connectivity index (χ1n) is 4.37. The third-order valence-corrected chi connectivity index (χ3v) is 2.79. The van der Waals surface area contributed by atoms with Crippen molar-refractivity contribution in [2.45, 2.75) is 4.90 Å². The van der Waals surface area contributed by atoms with Gasteiger partial charge in [0.1, 0.15) is 5.75 Å². The molecule has 0 aromatic heterocycles. The van der Waals surface area contributed by atoms with E-state index in [9.17, 15) is 13.2 Å². The Morgan fingerprint density at radius 3 is 2.65 bits per heavy atom. The van der Waals surface area contributed by atoms with E-state index in [0.29, 0.717) is 0 Å². The predicted octanol–water partition coefficient (Wildman–Crippen LogP) is -0.0857. The minimum absolute atomic E-state index is 0.141. The topological polar surface area (TPSA) is 98.5 Å². The fourth-order valence-electron chi connectivity index (χ4n) is 1.12. The number of ether oxygens (including phenoxy) is 1. The molecule has 0 fully saturated rings. The van der Waals surface area contributed by atoms with Crippen molar-refractivity contribution in [3.63, 3.8) is 0 Å². The molecule has 1 aromatic carbocycles. The number of anilines is 1. The number of carbonyl (C=O) groups is 1. The lowest BCUT2D eigenvalue weighted by Crippen LogP contribution is -2.14. The SMILES string of the molecule is C#CC(=O)Nc1cc(S(N)(=O)=O)ccc1OC. The molecule has 7 heteroatoms. The van der Waals surface area contributed by atoms with E-state index >= 15 is 0 Å². The monoisotopic (exact) mass is 254 g/mol. The minimum atomic E-state index is -3.85. The van der Waals surface area contributed by atoms with Gasteiger partial charge >= 0.3 is 0 Å². The highest BCUT2D eigenvalue weighted by Crippen LogP contribution is 2.26. The number of benzene rings is 1. The Balaban J connectivity index is 3.26. The van der Waals surface area contributed by atoms with Gasteiger partial charge < -0.3 is 10.1 Å². The molecule has 3 N–H and O–H groups in total. The van der Waals surface area contributed by atoms with Crippen molar-refractivity contribution >= 4 is 21.6 Å². The van der Waals surface area contributed by atoms with E-state index < -0.39 is 15.9 Å². The van der Waals surface area contributed by atoms with Crippen LogP contribution >= 0.6 is 0 Å². The first-order valence-corrected chi connectivity index (χ1v) is 5.91. The molecule has 0 aliphatic rings. The number of hydrogen-bond donors (Lipinski definition) is 2. The Morgan fingerprint density at radius 1 is 1.53 bits per heavy atom. The van der Waals surface area contributed by atoms with Crippen LogP contribution in [-0.2, 0) is 14.8 Å². The van der Waals surface area contributed by atoms with E-state index in [-0.39, 0.29) is 16.3 Å². The molecule has 0 radical (unpaired) electrons. The Morgan fingerprint density at radius 2 is 2.18 bits per heavy atom.